The Balaban J connectivity index is 1.51. The third kappa shape index (κ3) is 3.70. The monoisotopic (exact) mass is 391 g/mol. The maximum absolute atomic E-state index is 13.0. The molecule has 1 atom stereocenters. The molecule has 0 bridgehead atoms. The van der Waals surface area contributed by atoms with Crippen molar-refractivity contribution in [2.45, 2.75) is 26.3 Å². The lowest BCUT2D eigenvalue weighted by atomic mass is 10.0. The molecule has 3 aromatic rings. The first-order valence-electron chi connectivity index (χ1n) is 9.88. The maximum Gasteiger partial charge on any atom is 0.352 e. The van der Waals surface area contributed by atoms with Gasteiger partial charge in [0.2, 0.25) is 5.91 Å². The van der Waals surface area contributed by atoms with Gasteiger partial charge in [-0.25, -0.2) is 4.79 Å². The van der Waals surface area contributed by atoms with Crippen molar-refractivity contribution in [3.63, 3.8) is 0 Å². The Kier molecular flexibility index (Phi) is 5.01. The van der Waals surface area contributed by atoms with Crippen LogP contribution in [0.3, 0.4) is 0 Å². The number of hydrogen-bond donors (Lipinski definition) is 2. The van der Waals surface area contributed by atoms with Gasteiger partial charge in [0.1, 0.15) is 5.69 Å². The number of H-pyrrole nitrogens is 1. The number of nitrogens with one attached hydrogen (secondary N) is 1. The van der Waals surface area contributed by atoms with Crippen LogP contribution in [0, 0.1) is 6.92 Å². The van der Waals surface area contributed by atoms with Gasteiger partial charge in [0, 0.05) is 47.8 Å². The summed E-state index contributed by atoms with van der Waals surface area (Å²) in [6, 6.07) is 16.0. The molecule has 1 fully saturated rings. The smallest absolute Gasteiger partial charge is 0.352 e. The fourth-order valence-corrected chi connectivity index (χ4v) is 4.20. The second-order valence-corrected chi connectivity index (χ2v) is 7.73. The average Bonchev–Trinajstić information content (AvgIpc) is 3.07. The lowest BCUT2D eigenvalue weighted by Crippen LogP contribution is -2.54. The molecule has 1 saturated heterocycles. The summed E-state index contributed by atoms with van der Waals surface area (Å²) in [5.74, 6) is -1.07. The van der Waals surface area contributed by atoms with Crippen LogP contribution in [0.5, 0.6) is 0 Å². The Morgan fingerprint density at radius 2 is 1.93 bits per heavy atom. The summed E-state index contributed by atoms with van der Waals surface area (Å²) in [5.41, 5.74) is 3.80. The number of hydrogen-bond acceptors (Lipinski definition) is 3. The van der Waals surface area contributed by atoms with Gasteiger partial charge >= 0.3 is 5.97 Å². The minimum Gasteiger partial charge on any atom is -0.477 e. The summed E-state index contributed by atoms with van der Waals surface area (Å²) in [4.78, 5) is 31.8. The highest BCUT2D eigenvalue weighted by atomic mass is 16.4. The van der Waals surface area contributed by atoms with Gasteiger partial charge in [0.15, 0.2) is 0 Å². The molecule has 6 heteroatoms. The fourth-order valence-electron chi connectivity index (χ4n) is 4.20. The van der Waals surface area contributed by atoms with E-state index >= 15 is 0 Å². The van der Waals surface area contributed by atoms with E-state index in [4.69, 9.17) is 0 Å². The van der Waals surface area contributed by atoms with Gasteiger partial charge < -0.3 is 19.9 Å². The molecule has 0 spiro atoms. The normalized spacial score (nSPS) is 17.0. The Labute approximate surface area is 169 Å². The van der Waals surface area contributed by atoms with Crippen molar-refractivity contribution in [2.24, 2.45) is 0 Å². The molecule has 1 amide bonds. The first-order chi connectivity index (χ1) is 13.9. The van der Waals surface area contributed by atoms with Crippen molar-refractivity contribution in [1.29, 1.82) is 0 Å². The molecular weight excluding hydrogens is 366 g/mol. The molecule has 1 aliphatic heterocycles. The van der Waals surface area contributed by atoms with Crippen molar-refractivity contribution in [1.82, 2.24) is 9.88 Å². The van der Waals surface area contributed by atoms with Crippen molar-refractivity contribution in [3.05, 3.63) is 65.4 Å². The Morgan fingerprint density at radius 3 is 2.66 bits per heavy atom. The number of aromatic amines is 1. The number of aryl methyl sites for hydroxylation is 1. The molecule has 0 aliphatic carbocycles. The van der Waals surface area contributed by atoms with E-state index in [1.54, 1.807) is 0 Å². The number of aromatic nitrogens is 1. The van der Waals surface area contributed by atoms with Crippen molar-refractivity contribution < 1.29 is 14.7 Å². The molecule has 4 rings (SSSR count). The van der Waals surface area contributed by atoms with E-state index in [-0.39, 0.29) is 24.1 Å². The van der Waals surface area contributed by atoms with Crippen molar-refractivity contribution >= 4 is 28.5 Å². The zero-order chi connectivity index (χ0) is 20.5. The summed E-state index contributed by atoms with van der Waals surface area (Å²) in [7, 11) is 0. The van der Waals surface area contributed by atoms with E-state index in [9.17, 15) is 14.7 Å². The molecule has 1 aromatic heterocycles. The molecule has 2 aromatic carbocycles. The first kappa shape index (κ1) is 19.1. The van der Waals surface area contributed by atoms with E-state index in [0.29, 0.717) is 18.7 Å². The van der Waals surface area contributed by atoms with Crippen LogP contribution < -0.4 is 4.90 Å². The minimum atomic E-state index is -1.04. The number of carboxylic acid groups (broad SMARTS) is 1. The summed E-state index contributed by atoms with van der Waals surface area (Å²) in [6.45, 7) is 6.21. The summed E-state index contributed by atoms with van der Waals surface area (Å²) in [6.07, 6.45) is 0.0861. The van der Waals surface area contributed by atoms with Crippen LogP contribution in [-0.4, -0.2) is 52.5 Å². The van der Waals surface area contributed by atoms with Gasteiger partial charge in [-0.2, -0.15) is 0 Å². The summed E-state index contributed by atoms with van der Waals surface area (Å²) >= 11 is 0. The van der Waals surface area contributed by atoms with Crippen molar-refractivity contribution in [2.75, 3.05) is 24.5 Å². The van der Waals surface area contributed by atoms with Crippen molar-refractivity contribution in [3.8, 4) is 0 Å². The number of piperazine rings is 1. The zero-order valence-corrected chi connectivity index (χ0v) is 16.7. The van der Waals surface area contributed by atoms with Gasteiger partial charge in [0.05, 0.1) is 6.42 Å². The number of amides is 1. The molecule has 6 nitrogen and oxygen atoms in total. The summed E-state index contributed by atoms with van der Waals surface area (Å²) < 4.78 is 0. The lowest BCUT2D eigenvalue weighted by molar-refractivity contribution is -0.131. The number of rotatable bonds is 4. The highest BCUT2D eigenvalue weighted by molar-refractivity contribution is 6.00. The van der Waals surface area contributed by atoms with Gasteiger partial charge in [0.25, 0.3) is 0 Å². The first-order valence-corrected chi connectivity index (χ1v) is 9.88. The Morgan fingerprint density at radius 1 is 1.14 bits per heavy atom. The molecular formula is C23H25N3O3. The Hall–Kier alpha value is -3.28. The second kappa shape index (κ2) is 7.62. The highest BCUT2D eigenvalue weighted by Crippen LogP contribution is 2.25. The van der Waals surface area contributed by atoms with Gasteiger partial charge in [-0.05, 0) is 37.6 Å². The van der Waals surface area contributed by atoms with Gasteiger partial charge in [-0.15, -0.1) is 0 Å². The SMILES string of the molecule is Cc1cccc(N2CCN(C(=O)Cc3c(C(=O)O)[nH]c4ccccc34)CC2C)c1. The summed E-state index contributed by atoms with van der Waals surface area (Å²) in [5, 5.41) is 10.3. The van der Waals surface area contributed by atoms with Crippen LogP contribution >= 0.6 is 0 Å². The molecule has 150 valence electrons. The number of anilines is 1. The van der Waals surface area contributed by atoms with E-state index in [0.717, 1.165) is 17.4 Å². The number of fused-ring (bicyclic) bond motifs is 1. The molecule has 2 N–H and O–H groups in total. The molecule has 0 radical (unpaired) electrons. The number of carbonyl (C=O) groups is 2. The van der Waals surface area contributed by atoms with Crippen LogP contribution in [0.4, 0.5) is 5.69 Å². The number of para-hydroxylation sites is 1. The molecule has 0 saturated carbocycles. The predicted octanol–water partition coefficient (Wildman–Crippen LogP) is 3.45. The number of nitrogens with zero attached hydrogens (tertiary/aromatic N) is 2. The van der Waals surface area contributed by atoms with Gasteiger partial charge in [-0.1, -0.05) is 30.3 Å². The third-order valence-corrected chi connectivity index (χ3v) is 5.67. The fraction of sp³-hybridized carbons (Fsp3) is 0.304. The average molecular weight is 391 g/mol. The van der Waals surface area contributed by atoms with Crippen LogP contribution in [0.25, 0.3) is 10.9 Å². The maximum atomic E-state index is 13.0. The van der Waals surface area contributed by atoms with E-state index in [1.165, 1.54) is 11.3 Å². The quantitative estimate of drug-likeness (QED) is 0.714. The van der Waals surface area contributed by atoms with E-state index < -0.39 is 5.97 Å². The van der Waals surface area contributed by atoms with E-state index in [2.05, 4.69) is 48.0 Å². The number of carboxylic acids is 1. The topological polar surface area (TPSA) is 76.6 Å². The van der Waals surface area contributed by atoms with Crippen LogP contribution in [0.15, 0.2) is 48.5 Å². The lowest BCUT2D eigenvalue weighted by Gasteiger charge is -2.41. The number of aromatic carboxylic acids is 1. The third-order valence-electron chi connectivity index (χ3n) is 5.67. The molecule has 29 heavy (non-hydrogen) atoms. The molecule has 2 heterocycles. The largest absolute Gasteiger partial charge is 0.477 e. The van der Waals surface area contributed by atoms with E-state index in [1.807, 2.05) is 29.2 Å². The zero-order valence-electron chi connectivity index (χ0n) is 16.7. The minimum absolute atomic E-state index is 0.0343. The number of carbonyl (C=O) groups excluding carboxylic acids is 1. The van der Waals surface area contributed by atoms with Crippen LogP contribution in [-0.2, 0) is 11.2 Å². The predicted molar refractivity (Wildman–Crippen MR) is 114 cm³/mol. The molecule has 1 unspecified atom stereocenters. The van der Waals surface area contributed by atoms with Crippen LogP contribution in [0.2, 0.25) is 0 Å². The Bertz CT molecular complexity index is 1070. The highest BCUT2D eigenvalue weighted by Gasteiger charge is 2.28. The second-order valence-electron chi connectivity index (χ2n) is 7.73. The molecule has 1 aliphatic rings. The standard InChI is InChI=1S/C23H25N3O3/c1-15-6-5-7-17(12-15)26-11-10-25(14-16(26)2)21(27)13-19-18-8-3-4-9-20(18)24-22(19)23(28)29/h3-9,12,16,24H,10-11,13-14H2,1-2H3,(H,28,29). The number of benzene rings is 2. The van der Waals surface area contributed by atoms with Crippen LogP contribution in [0.1, 0.15) is 28.5 Å². The van der Waals surface area contributed by atoms with Gasteiger partial charge in [-0.3, -0.25) is 4.79 Å².